The third-order valence-corrected chi connectivity index (χ3v) is 5.45. The lowest BCUT2D eigenvalue weighted by atomic mass is 9.95. The topological polar surface area (TPSA) is 24.8 Å². The first kappa shape index (κ1) is 16.1. The molecule has 0 saturated carbocycles. The van der Waals surface area contributed by atoms with Crippen LogP contribution in [0.5, 0.6) is 5.75 Å². The standard InChI is InChI=1S/C24H22N2O/c1-16-7-11-18(12-8-16)21-15-22-20-5-3-4-6-23(20)27-24(26(22)25-21)19-13-9-17(2)10-14-19/h3-14,22,24H,15H2,1-2H3/t22-,24-/m1/s1. The number of aryl methyl sites for hydroxylation is 2. The fraction of sp³-hybridized carbons (Fsp3) is 0.208. The highest BCUT2D eigenvalue weighted by Crippen LogP contribution is 2.47. The van der Waals surface area contributed by atoms with Crippen LogP contribution in [-0.2, 0) is 0 Å². The molecule has 2 atom stereocenters. The second kappa shape index (κ2) is 6.27. The van der Waals surface area contributed by atoms with Gasteiger partial charge in [0.25, 0.3) is 0 Å². The van der Waals surface area contributed by atoms with Gasteiger partial charge in [0, 0.05) is 17.5 Å². The SMILES string of the molecule is Cc1ccc(C2=NN3[C@H](C2)c2ccccc2O[C@@H]3c2ccc(C)cc2)cc1. The predicted octanol–water partition coefficient (Wildman–Crippen LogP) is 5.55. The molecule has 0 bridgehead atoms. The first-order valence-corrected chi connectivity index (χ1v) is 9.44. The molecule has 27 heavy (non-hydrogen) atoms. The van der Waals surface area contributed by atoms with Crippen molar-refractivity contribution in [3.63, 3.8) is 0 Å². The molecule has 0 unspecified atom stereocenters. The van der Waals surface area contributed by atoms with Gasteiger partial charge in [0.2, 0.25) is 6.23 Å². The van der Waals surface area contributed by atoms with Gasteiger partial charge in [0.1, 0.15) is 5.75 Å². The van der Waals surface area contributed by atoms with Gasteiger partial charge in [-0.3, -0.25) is 0 Å². The maximum Gasteiger partial charge on any atom is 0.213 e. The second-order valence-electron chi connectivity index (χ2n) is 7.43. The maximum atomic E-state index is 6.39. The number of rotatable bonds is 2. The molecule has 0 spiro atoms. The third-order valence-electron chi connectivity index (χ3n) is 5.45. The molecule has 2 aliphatic heterocycles. The zero-order chi connectivity index (χ0) is 18.4. The van der Waals surface area contributed by atoms with E-state index in [1.165, 1.54) is 22.3 Å². The van der Waals surface area contributed by atoms with E-state index in [1.54, 1.807) is 0 Å². The van der Waals surface area contributed by atoms with Crippen LogP contribution < -0.4 is 4.74 Å². The van der Waals surface area contributed by atoms with Crippen molar-refractivity contribution in [1.82, 2.24) is 5.01 Å². The highest BCUT2D eigenvalue weighted by Gasteiger charge is 2.40. The van der Waals surface area contributed by atoms with Gasteiger partial charge in [0.05, 0.1) is 11.8 Å². The van der Waals surface area contributed by atoms with Gasteiger partial charge in [-0.15, -0.1) is 0 Å². The molecule has 2 heterocycles. The van der Waals surface area contributed by atoms with Crippen molar-refractivity contribution < 1.29 is 4.74 Å². The van der Waals surface area contributed by atoms with Crippen LogP contribution in [0.3, 0.4) is 0 Å². The first-order chi connectivity index (χ1) is 13.2. The van der Waals surface area contributed by atoms with Gasteiger partial charge in [-0.1, -0.05) is 77.9 Å². The Labute approximate surface area is 159 Å². The number of nitrogens with zero attached hydrogens (tertiary/aromatic N) is 2. The molecule has 134 valence electrons. The Hall–Kier alpha value is -3.07. The van der Waals surface area contributed by atoms with Crippen molar-refractivity contribution in [2.75, 3.05) is 0 Å². The van der Waals surface area contributed by atoms with E-state index in [2.05, 4.69) is 85.6 Å². The fourth-order valence-corrected chi connectivity index (χ4v) is 3.91. The molecule has 3 aromatic carbocycles. The van der Waals surface area contributed by atoms with Gasteiger partial charge in [-0.25, -0.2) is 5.01 Å². The minimum absolute atomic E-state index is 0.201. The van der Waals surface area contributed by atoms with Crippen LogP contribution in [0, 0.1) is 13.8 Å². The summed E-state index contributed by atoms with van der Waals surface area (Å²) in [4.78, 5) is 0. The zero-order valence-corrected chi connectivity index (χ0v) is 15.6. The van der Waals surface area contributed by atoms with Crippen LogP contribution in [0.4, 0.5) is 0 Å². The summed E-state index contributed by atoms with van der Waals surface area (Å²) in [5.41, 5.74) is 7.17. The Morgan fingerprint density at radius 2 is 1.52 bits per heavy atom. The van der Waals surface area contributed by atoms with Crippen LogP contribution in [0.1, 0.15) is 46.5 Å². The molecule has 3 aromatic rings. The summed E-state index contributed by atoms with van der Waals surface area (Å²) in [6.07, 6.45) is 0.694. The Bertz CT molecular complexity index is 1010. The van der Waals surface area contributed by atoms with Gasteiger partial charge < -0.3 is 4.74 Å². The summed E-state index contributed by atoms with van der Waals surface area (Å²) in [7, 11) is 0. The molecular weight excluding hydrogens is 332 g/mol. The number of ether oxygens (including phenoxy) is 1. The molecule has 2 aliphatic rings. The van der Waals surface area contributed by atoms with Crippen LogP contribution >= 0.6 is 0 Å². The van der Waals surface area contributed by atoms with Crippen molar-refractivity contribution in [1.29, 1.82) is 0 Å². The molecule has 0 aromatic heterocycles. The van der Waals surface area contributed by atoms with Crippen LogP contribution in [-0.4, -0.2) is 10.7 Å². The van der Waals surface area contributed by atoms with E-state index in [-0.39, 0.29) is 12.3 Å². The van der Waals surface area contributed by atoms with Crippen LogP contribution in [0.15, 0.2) is 77.9 Å². The van der Waals surface area contributed by atoms with E-state index >= 15 is 0 Å². The first-order valence-electron chi connectivity index (χ1n) is 9.44. The monoisotopic (exact) mass is 354 g/mol. The molecule has 0 saturated heterocycles. The lowest BCUT2D eigenvalue weighted by Gasteiger charge is -2.38. The van der Waals surface area contributed by atoms with E-state index in [9.17, 15) is 0 Å². The largest absolute Gasteiger partial charge is 0.464 e. The predicted molar refractivity (Wildman–Crippen MR) is 108 cm³/mol. The van der Waals surface area contributed by atoms with Gasteiger partial charge in [-0.2, -0.15) is 5.10 Å². The van der Waals surface area contributed by atoms with Gasteiger partial charge in [-0.05, 0) is 25.5 Å². The Morgan fingerprint density at radius 1 is 0.852 bits per heavy atom. The number of para-hydroxylation sites is 1. The average Bonchev–Trinajstić information content (AvgIpc) is 3.14. The smallest absolute Gasteiger partial charge is 0.213 e. The van der Waals surface area contributed by atoms with Gasteiger partial charge >= 0.3 is 0 Å². The molecule has 3 nitrogen and oxygen atoms in total. The van der Waals surface area contributed by atoms with Crippen molar-refractivity contribution in [2.24, 2.45) is 5.10 Å². The zero-order valence-electron chi connectivity index (χ0n) is 15.6. The highest BCUT2D eigenvalue weighted by atomic mass is 16.5. The fourth-order valence-electron chi connectivity index (χ4n) is 3.91. The minimum Gasteiger partial charge on any atom is -0.464 e. The molecule has 0 radical (unpaired) electrons. The second-order valence-corrected chi connectivity index (χ2v) is 7.43. The lowest BCUT2D eigenvalue weighted by Crippen LogP contribution is -2.33. The molecule has 0 amide bonds. The lowest BCUT2D eigenvalue weighted by molar-refractivity contribution is -0.0190. The summed E-state index contributed by atoms with van der Waals surface area (Å²) < 4.78 is 6.39. The maximum absolute atomic E-state index is 6.39. The quantitative estimate of drug-likeness (QED) is 0.603. The van der Waals surface area contributed by atoms with Gasteiger partial charge in [0.15, 0.2) is 0 Å². The molecule has 0 fully saturated rings. The Kier molecular flexibility index (Phi) is 3.75. The summed E-state index contributed by atoms with van der Waals surface area (Å²) in [5, 5.41) is 7.16. The summed E-state index contributed by atoms with van der Waals surface area (Å²) in [6.45, 7) is 4.22. The molecule has 0 N–H and O–H groups in total. The molecule has 3 heteroatoms. The highest BCUT2D eigenvalue weighted by molar-refractivity contribution is 6.02. The van der Waals surface area contributed by atoms with E-state index in [0.717, 1.165) is 23.4 Å². The van der Waals surface area contributed by atoms with E-state index in [0.29, 0.717) is 0 Å². The molecule has 5 rings (SSSR count). The van der Waals surface area contributed by atoms with Crippen molar-refractivity contribution in [2.45, 2.75) is 32.5 Å². The van der Waals surface area contributed by atoms with Crippen molar-refractivity contribution in [3.05, 3.63) is 101 Å². The van der Waals surface area contributed by atoms with E-state index in [4.69, 9.17) is 9.84 Å². The number of hydrogen-bond donors (Lipinski definition) is 0. The van der Waals surface area contributed by atoms with Crippen molar-refractivity contribution >= 4 is 5.71 Å². The van der Waals surface area contributed by atoms with E-state index in [1.807, 2.05) is 6.07 Å². The Balaban J connectivity index is 1.58. The third kappa shape index (κ3) is 2.80. The number of fused-ring (bicyclic) bond motifs is 3. The van der Waals surface area contributed by atoms with Crippen LogP contribution in [0.2, 0.25) is 0 Å². The molecular formula is C24H22N2O. The molecule has 0 aliphatic carbocycles. The number of hydrazone groups is 1. The normalized spacial score (nSPS) is 20.5. The summed E-state index contributed by atoms with van der Waals surface area (Å²) >= 11 is 0. The van der Waals surface area contributed by atoms with Crippen molar-refractivity contribution in [3.8, 4) is 5.75 Å². The number of hydrogen-bond acceptors (Lipinski definition) is 3. The summed E-state index contributed by atoms with van der Waals surface area (Å²) in [6, 6.07) is 25.7. The Morgan fingerprint density at radius 3 is 2.26 bits per heavy atom. The average molecular weight is 354 g/mol. The minimum atomic E-state index is -0.201. The number of benzene rings is 3. The van der Waals surface area contributed by atoms with Crippen LogP contribution in [0.25, 0.3) is 0 Å². The van der Waals surface area contributed by atoms with E-state index < -0.39 is 0 Å². The summed E-state index contributed by atoms with van der Waals surface area (Å²) in [5.74, 6) is 0.963.